The predicted molar refractivity (Wildman–Crippen MR) is 130 cm³/mol. The lowest BCUT2D eigenvalue weighted by Crippen LogP contribution is -2.37. The standard InChI is InChI=1S/C26H32N4O3/c1-17-11-13-30(14-12-17)26(33)20-5-3-6-21(15-20)28-24(31)16-27-22-7-4-8-23(18(22)2)29-25(32)19-9-10-19/h3-8,15,17,19,27H,9-14,16H2,1-2H3,(H,28,31)(H,29,32). The van der Waals surface area contributed by atoms with Crippen LogP contribution in [0.1, 0.15) is 48.5 Å². The van der Waals surface area contributed by atoms with Crippen LogP contribution >= 0.6 is 0 Å². The number of nitrogens with one attached hydrogen (secondary N) is 3. The van der Waals surface area contributed by atoms with Gasteiger partial charge in [0.2, 0.25) is 11.8 Å². The van der Waals surface area contributed by atoms with Gasteiger partial charge in [0.1, 0.15) is 0 Å². The van der Waals surface area contributed by atoms with E-state index in [2.05, 4.69) is 22.9 Å². The molecule has 174 valence electrons. The van der Waals surface area contributed by atoms with Crippen molar-refractivity contribution in [3.05, 3.63) is 53.6 Å². The molecule has 3 amide bonds. The minimum absolute atomic E-state index is 0.0109. The van der Waals surface area contributed by atoms with Crippen LogP contribution in [0.25, 0.3) is 0 Å². The van der Waals surface area contributed by atoms with E-state index >= 15 is 0 Å². The first-order valence-electron chi connectivity index (χ1n) is 11.7. The highest BCUT2D eigenvalue weighted by Gasteiger charge is 2.30. The summed E-state index contributed by atoms with van der Waals surface area (Å²) in [6.07, 6.45) is 3.96. The number of benzene rings is 2. The first kappa shape index (κ1) is 22.8. The van der Waals surface area contributed by atoms with Gasteiger partial charge >= 0.3 is 0 Å². The molecule has 7 heteroatoms. The highest BCUT2D eigenvalue weighted by Crippen LogP contribution is 2.31. The quantitative estimate of drug-likeness (QED) is 0.590. The molecule has 33 heavy (non-hydrogen) atoms. The van der Waals surface area contributed by atoms with Gasteiger partial charge in [-0.3, -0.25) is 14.4 Å². The van der Waals surface area contributed by atoms with Gasteiger partial charge in [-0.1, -0.05) is 19.1 Å². The van der Waals surface area contributed by atoms with Crippen molar-refractivity contribution in [1.29, 1.82) is 0 Å². The second-order valence-electron chi connectivity index (χ2n) is 9.20. The number of piperidine rings is 1. The van der Waals surface area contributed by atoms with Gasteiger partial charge in [-0.2, -0.15) is 0 Å². The smallest absolute Gasteiger partial charge is 0.253 e. The number of rotatable bonds is 7. The summed E-state index contributed by atoms with van der Waals surface area (Å²) < 4.78 is 0. The number of carbonyl (C=O) groups is 3. The van der Waals surface area contributed by atoms with Crippen LogP contribution in [0.5, 0.6) is 0 Å². The Morgan fingerprint density at radius 2 is 1.64 bits per heavy atom. The van der Waals surface area contributed by atoms with Crippen molar-refractivity contribution in [1.82, 2.24) is 4.90 Å². The lowest BCUT2D eigenvalue weighted by atomic mass is 9.98. The van der Waals surface area contributed by atoms with E-state index in [0.29, 0.717) is 17.2 Å². The van der Waals surface area contributed by atoms with E-state index in [-0.39, 0.29) is 30.2 Å². The zero-order valence-electron chi connectivity index (χ0n) is 19.3. The fraction of sp³-hybridized carbons (Fsp3) is 0.423. The third-order valence-electron chi connectivity index (χ3n) is 6.44. The Hall–Kier alpha value is -3.35. The van der Waals surface area contributed by atoms with Crippen LogP contribution in [0, 0.1) is 18.8 Å². The number of hydrogen-bond donors (Lipinski definition) is 3. The normalized spacial score (nSPS) is 16.2. The molecule has 0 spiro atoms. The molecule has 0 atom stereocenters. The van der Waals surface area contributed by atoms with Gasteiger partial charge in [-0.25, -0.2) is 0 Å². The van der Waals surface area contributed by atoms with Crippen molar-refractivity contribution in [2.45, 2.75) is 39.5 Å². The number of amides is 3. The third-order valence-corrected chi connectivity index (χ3v) is 6.44. The van der Waals surface area contributed by atoms with Crippen LogP contribution in [-0.4, -0.2) is 42.3 Å². The maximum absolute atomic E-state index is 12.8. The maximum Gasteiger partial charge on any atom is 0.253 e. The predicted octanol–water partition coefficient (Wildman–Crippen LogP) is 4.27. The largest absolute Gasteiger partial charge is 0.376 e. The van der Waals surface area contributed by atoms with E-state index < -0.39 is 0 Å². The maximum atomic E-state index is 12.8. The van der Waals surface area contributed by atoms with Gasteiger partial charge in [0.15, 0.2) is 0 Å². The Labute approximate surface area is 194 Å². The summed E-state index contributed by atoms with van der Waals surface area (Å²) in [5.41, 5.74) is 3.63. The molecule has 3 N–H and O–H groups in total. The molecule has 1 saturated heterocycles. The first-order valence-corrected chi connectivity index (χ1v) is 11.7. The molecule has 2 fully saturated rings. The number of nitrogens with zero attached hydrogens (tertiary/aromatic N) is 1. The number of anilines is 3. The molecule has 0 bridgehead atoms. The Kier molecular flexibility index (Phi) is 6.96. The van der Waals surface area contributed by atoms with E-state index in [1.165, 1.54) is 0 Å². The van der Waals surface area contributed by atoms with Gasteiger partial charge in [0.25, 0.3) is 5.91 Å². The average Bonchev–Trinajstić information content (AvgIpc) is 3.65. The fourth-order valence-electron chi connectivity index (χ4n) is 4.05. The molecule has 0 aromatic heterocycles. The SMILES string of the molecule is Cc1c(NCC(=O)Nc2cccc(C(=O)N3CCC(C)CC3)c2)cccc1NC(=O)C1CC1. The van der Waals surface area contributed by atoms with Crippen molar-refractivity contribution in [2.24, 2.45) is 11.8 Å². The summed E-state index contributed by atoms with van der Waals surface area (Å²) in [4.78, 5) is 39.3. The summed E-state index contributed by atoms with van der Waals surface area (Å²) >= 11 is 0. The molecule has 7 nitrogen and oxygen atoms in total. The van der Waals surface area contributed by atoms with E-state index in [9.17, 15) is 14.4 Å². The fourth-order valence-corrected chi connectivity index (χ4v) is 4.05. The molecule has 2 aromatic carbocycles. The van der Waals surface area contributed by atoms with Crippen molar-refractivity contribution < 1.29 is 14.4 Å². The van der Waals surface area contributed by atoms with Crippen molar-refractivity contribution in [3.8, 4) is 0 Å². The Morgan fingerprint density at radius 3 is 2.36 bits per heavy atom. The Bertz CT molecular complexity index is 1040. The van der Waals surface area contributed by atoms with Crippen LogP contribution < -0.4 is 16.0 Å². The molecule has 2 aliphatic rings. The highest BCUT2D eigenvalue weighted by molar-refractivity contribution is 5.98. The highest BCUT2D eigenvalue weighted by atomic mass is 16.2. The molecular formula is C26H32N4O3. The van der Waals surface area contributed by atoms with Crippen molar-refractivity contribution >= 4 is 34.8 Å². The second kappa shape index (κ2) is 10.1. The van der Waals surface area contributed by atoms with E-state index in [0.717, 1.165) is 55.7 Å². The van der Waals surface area contributed by atoms with Gasteiger partial charge in [-0.05, 0) is 74.4 Å². The first-order chi connectivity index (χ1) is 15.9. The van der Waals surface area contributed by atoms with Crippen LogP contribution in [0.4, 0.5) is 17.1 Å². The molecular weight excluding hydrogens is 416 g/mol. The monoisotopic (exact) mass is 448 g/mol. The van der Waals surface area contributed by atoms with Gasteiger partial charge in [0.05, 0.1) is 6.54 Å². The lowest BCUT2D eigenvalue weighted by Gasteiger charge is -2.30. The molecule has 0 unspecified atom stereocenters. The Balaban J connectivity index is 1.32. The topological polar surface area (TPSA) is 90.5 Å². The molecule has 1 saturated carbocycles. The van der Waals surface area contributed by atoms with Crippen LogP contribution in [-0.2, 0) is 9.59 Å². The van der Waals surface area contributed by atoms with Gasteiger partial charge in [0, 0.05) is 41.6 Å². The summed E-state index contributed by atoms with van der Waals surface area (Å²) in [6, 6.07) is 12.7. The summed E-state index contributed by atoms with van der Waals surface area (Å²) in [6.45, 7) is 5.76. The number of carbonyl (C=O) groups excluding carboxylic acids is 3. The number of likely N-dealkylation sites (tertiary alicyclic amines) is 1. The van der Waals surface area contributed by atoms with Crippen LogP contribution in [0.15, 0.2) is 42.5 Å². The third kappa shape index (κ3) is 5.92. The van der Waals surface area contributed by atoms with E-state index in [4.69, 9.17) is 0 Å². The van der Waals surface area contributed by atoms with E-state index in [1.54, 1.807) is 24.3 Å². The van der Waals surface area contributed by atoms with Crippen molar-refractivity contribution in [3.63, 3.8) is 0 Å². The summed E-state index contributed by atoms with van der Waals surface area (Å²) in [5, 5.41) is 8.98. The molecule has 4 rings (SSSR count). The van der Waals surface area contributed by atoms with Crippen molar-refractivity contribution in [2.75, 3.05) is 35.6 Å². The lowest BCUT2D eigenvalue weighted by molar-refractivity contribution is -0.117. The molecule has 0 radical (unpaired) electrons. The zero-order chi connectivity index (χ0) is 23.4. The molecule has 1 aliphatic heterocycles. The number of hydrogen-bond acceptors (Lipinski definition) is 4. The Morgan fingerprint density at radius 1 is 0.939 bits per heavy atom. The van der Waals surface area contributed by atoms with Crippen LogP contribution in [0.2, 0.25) is 0 Å². The summed E-state index contributed by atoms with van der Waals surface area (Å²) in [5.74, 6) is 0.649. The molecule has 1 heterocycles. The van der Waals surface area contributed by atoms with E-state index in [1.807, 2.05) is 30.0 Å². The van der Waals surface area contributed by atoms with Crippen LogP contribution in [0.3, 0.4) is 0 Å². The minimum atomic E-state index is -0.210. The zero-order valence-corrected chi connectivity index (χ0v) is 19.3. The second-order valence-corrected chi connectivity index (χ2v) is 9.20. The molecule has 2 aromatic rings. The molecule has 1 aliphatic carbocycles. The van der Waals surface area contributed by atoms with Gasteiger partial charge in [-0.15, -0.1) is 0 Å². The summed E-state index contributed by atoms with van der Waals surface area (Å²) in [7, 11) is 0. The average molecular weight is 449 g/mol. The minimum Gasteiger partial charge on any atom is -0.376 e. The van der Waals surface area contributed by atoms with Gasteiger partial charge < -0.3 is 20.9 Å².